The number of ether oxygens (including phenoxy) is 1. The van der Waals surface area contributed by atoms with Crippen LogP contribution in [0.3, 0.4) is 0 Å². The second-order valence-electron chi connectivity index (χ2n) is 5.52. The molecule has 1 saturated carbocycles. The molecule has 120 valence electrons. The van der Waals surface area contributed by atoms with Crippen LogP contribution in [0.1, 0.15) is 49.4 Å². The maximum atomic E-state index is 13.0. The van der Waals surface area contributed by atoms with Crippen molar-refractivity contribution >= 4 is 23.5 Å². The highest BCUT2D eigenvalue weighted by atomic mass is 35.5. The molecule has 0 heterocycles. The number of amides is 1. The molecule has 0 aromatic heterocycles. The Morgan fingerprint density at radius 2 is 2.00 bits per heavy atom. The van der Waals surface area contributed by atoms with Crippen molar-refractivity contribution in [1.82, 2.24) is 5.32 Å². The number of halogens is 2. The molecule has 1 amide bonds. The molecule has 0 bridgehead atoms. The molecular formula is C16H19ClFNO3. The lowest BCUT2D eigenvalue weighted by atomic mass is 9.95. The Bertz CT molecular complexity index is 558. The lowest BCUT2D eigenvalue weighted by Gasteiger charge is -2.24. The first-order valence-corrected chi connectivity index (χ1v) is 7.81. The van der Waals surface area contributed by atoms with Crippen LogP contribution in [-0.2, 0) is 9.53 Å². The zero-order valence-corrected chi connectivity index (χ0v) is 13.2. The summed E-state index contributed by atoms with van der Waals surface area (Å²) >= 11 is 5.80. The zero-order valence-electron chi connectivity index (χ0n) is 12.4. The molecule has 1 N–H and O–H groups in total. The number of carbonyl (C=O) groups excluding carboxylic acids is 2. The van der Waals surface area contributed by atoms with E-state index in [0.29, 0.717) is 0 Å². The molecule has 2 rings (SSSR count). The minimum atomic E-state index is -0.921. The maximum Gasteiger partial charge on any atom is 0.340 e. The minimum Gasteiger partial charge on any atom is -0.449 e. The summed E-state index contributed by atoms with van der Waals surface area (Å²) in [4.78, 5) is 24.0. The third-order valence-corrected chi connectivity index (χ3v) is 4.07. The molecular weight excluding hydrogens is 309 g/mol. The van der Waals surface area contributed by atoms with Gasteiger partial charge in [-0.25, -0.2) is 9.18 Å². The van der Waals surface area contributed by atoms with Crippen molar-refractivity contribution in [3.05, 3.63) is 34.6 Å². The lowest BCUT2D eigenvalue weighted by Crippen LogP contribution is -2.42. The summed E-state index contributed by atoms with van der Waals surface area (Å²) in [6.45, 7) is 1.51. The van der Waals surface area contributed by atoms with Crippen LogP contribution in [0, 0.1) is 5.82 Å². The van der Waals surface area contributed by atoms with Gasteiger partial charge in [-0.2, -0.15) is 0 Å². The molecule has 0 spiro atoms. The maximum absolute atomic E-state index is 13.0. The molecule has 22 heavy (non-hydrogen) atoms. The van der Waals surface area contributed by atoms with E-state index in [9.17, 15) is 14.0 Å². The van der Waals surface area contributed by atoms with Crippen molar-refractivity contribution in [1.29, 1.82) is 0 Å². The highest BCUT2D eigenvalue weighted by Gasteiger charge is 2.23. The number of nitrogens with one attached hydrogen (secondary N) is 1. The molecule has 1 aliphatic rings. The summed E-state index contributed by atoms with van der Waals surface area (Å²) in [6.07, 6.45) is 4.39. The second-order valence-corrected chi connectivity index (χ2v) is 5.92. The average molecular weight is 328 g/mol. The first kappa shape index (κ1) is 16.7. The Hall–Kier alpha value is -1.62. The molecule has 0 aliphatic heterocycles. The topological polar surface area (TPSA) is 55.4 Å². The van der Waals surface area contributed by atoms with Crippen molar-refractivity contribution < 1.29 is 18.7 Å². The Kier molecular flexibility index (Phi) is 5.77. The van der Waals surface area contributed by atoms with Crippen molar-refractivity contribution in [2.45, 2.75) is 51.2 Å². The van der Waals surface area contributed by atoms with Gasteiger partial charge in [0.1, 0.15) is 5.82 Å². The van der Waals surface area contributed by atoms with Crippen LogP contribution in [0.25, 0.3) is 0 Å². The number of rotatable bonds is 4. The summed E-state index contributed by atoms with van der Waals surface area (Å²) in [6, 6.07) is 3.54. The van der Waals surface area contributed by atoms with Crippen molar-refractivity contribution in [2.24, 2.45) is 0 Å². The summed E-state index contributed by atoms with van der Waals surface area (Å²) < 4.78 is 18.1. The van der Waals surface area contributed by atoms with E-state index >= 15 is 0 Å². The van der Waals surface area contributed by atoms with Gasteiger partial charge in [-0.15, -0.1) is 0 Å². The second kappa shape index (κ2) is 7.58. The summed E-state index contributed by atoms with van der Waals surface area (Å²) in [5, 5.41) is 2.85. The van der Waals surface area contributed by atoms with Crippen LogP contribution in [0.15, 0.2) is 18.2 Å². The van der Waals surface area contributed by atoms with Gasteiger partial charge in [0.25, 0.3) is 5.91 Å². The summed E-state index contributed by atoms with van der Waals surface area (Å²) in [7, 11) is 0. The molecule has 0 saturated heterocycles. The number of hydrogen-bond donors (Lipinski definition) is 1. The van der Waals surface area contributed by atoms with Gasteiger partial charge in [-0.1, -0.05) is 30.9 Å². The van der Waals surface area contributed by atoms with Gasteiger partial charge in [0, 0.05) is 6.04 Å². The minimum absolute atomic E-state index is 0.0371. The molecule has 0 radical (unpaired) electrons. The van der Waals surface area contributed by atoms with Gasteiger partial charge in [0.15, 0.2) is 6.10 Å². The molecule has 1 fully saturated rings. The largest absolute Gasteiger partial charge is 0.449 e. The van der Waals surface area contributed by atoms with Crippen molar-refractivity contribution in [3.8, 4) is 0 Å². The Morgan fingerprint density at radius 3 is 2.64 bits per heavy atom. The fourth-order valence-corrected chi connectivity index (χ4v) is 2.74. The van der Waals surface area contributed by atoms with E-state index in [4.69, 9.17) is 16.3 Å². The molecule has 1 atom stereocenters. The van der Waals surface area contributed by atoms with Crippen molar-refractivity contribution in [3.63, 3.8) is 0 Å². The monoisotopic (exact) mass is 327 g/mol. The molecule has 1 aromatic carbocycles. The van der Waals surface area contributed by atoms with E-state index in [2.05, 4.69) is 5.32 Å². The highest BCUT2D eigenvalue weighted by Crippen LogP contribution is 2.20. The number of benzene rings is 1. The molecule has 0 unspecified atom stereocenters. The van der Waals surface area contributed by atoms with Crippen LogP contribution >= 0.6 is 11.6 Å². The molecule has 1 aromatic rings. The van der Waals surface area contributed by atoms with Crippen LogP contribution in [0.2, 0.25) is 5.02 Å². The van der Waals surface area contributed by atoms with E-state index in [0.717, 1.165) is 37.8 Å². The van der Waals surface area contributed by atoms with E-state index in [-0.39, 0.29) is 22.5 Å². The smallest absolute Gasteiger partial charge is 0.340 e. The Morgan fingerprint density at radius 1 is 1.32 bits per heavy atom. The molecule has 4 nitrogen and oxygen atoms in total. The summed E-state index contributed by atoms with van der Waals surface area (Å²) in [5.74, 6) is -1.60. The van der Waals surface area contributed by atoms with E-state index in [1.54, 1.807) is 0 Å². The van der Waals surface area contributed by atoms with Gasteiger partial charge in [-0.3, -0.25) is 4.79 Å². The fourth-order valence-electron chi connectivity index (χ4n) is 2.50. The Labute approximate surface area is 134 Å². The van der Waals surface area contributed by atoms with Gasteiger partial charge in [0.05, 0.1) is 10.6 Å². The highest BCUT2D eigenvalue weighted by molar-refractivity contribution is 6.33. The van der Waals surface area contributed by atoms with E-state index in [1.165, 1.54) is 19.4 Å². The van der Waals surface area contributed by atoms with E-state index < -0.39 is 17.9 Å². The van der Waals surface area contributed by atoms with E-state index in [1.807, 2.05) is 0 Å². The number of esters is 1. The Balaban J connectivity index is 1.91. The van der Waals surface area contributed by atoms with Gasteiger partial charge < -0.3 is 10.1 Å². The van der Waals surface area contributed by atoms with Crippen LogP contribution < -0.4 is 5.32 Å². The lowest BCUT2D eigenvalue weighted by molar-refractivity contribution is -0.130. The van der Waals surface area contributed by atoms with Gasteiger partial charge >= 0.3 is 5.97 Å². The predicted molar refractivity (Wildman–Crippen MR) is 81.3 cm³/mol. The molecule has 6 heteroatoms. The van der Waals surface area contributed by atoms with Crippen molar-refractivity contribution in [2.75, 3.05) is 0 Å². The summed E-state index contributed by atoms with van der Waals surface area (Å²) in [5.41, 5.74) is 0.0420. The zero-order chi connectivity index (χ0) is 16.1. The van der Waals surface area contributed by atoms with Gasteiger partial charge in [0.2, 0.25) is 0 Å². The van der Waals surface area contributed by atoms with Crippen LogP contribution in [-0.4, -0.2) is 24.0 Å². The van der Waals surface area contributed by atoms with Gasteiger partial charge in [-0.05, 0) is 38.0 Å². The first-order valence-electron chi connectivity index (χ1n) is 7.44. The number of hydrogen-bond acceptors (Lipinski definition) is 3. The first-order chi connectivity index (χ1) is 10.5. The molecule has 1 aliphatic carbocycles. The van der Waals surface area contributed by atoms with Crippen LogP contribution in [0.4, 0.5) is 4.39 Å². The quantitative estimate of drug-likeness (QED) is 0.861. The third-order valence-electron chi connectivity index (χ3n) is 3.76. The number of carbonyl (C=O) groups is 2. The van der Waals surface area contributed by atoms with Crippen LogP contribution in [0.5, 0.6) is 0 Å². The average Bonchev–Trinajstić information content (AvgIpc) is 2.47. The SMILES string of the molecule is C[C@@H](OC(=O)c1ccc(F)cc1Cl)C(=O)NC1CCCCC1. The predicted octanol–water partition coefficient (Wildman–Crippen LogP) is 3.47. The fraction of sp³-hybridized carbons (Fsp3) is 0.500. The standard InChI is InChI=1S/C16H19ClFNO3/c1-10(15(20)19-12-5-3-2-4-6-12)22-16(21)13-8-7-11(18)9-14(13)17/h7-10,12H,2-6H2,1H3,(H,19,20)/t10-/m1/s1. The third kappa shape index (κ3) is 4.44. The normalized spacial score (nSPS) is 16.9.